The molecule has 0 aliphatic heterocycles. The second-order valence-electron chi connectivity index (χ2n) is 6.21. The fraction of sp³-hybridized carbons (Fsp3) is 0. The van der Waals surface area contributed by atoms with E-state index in [2.05, 4.69) is 15.3 Å². The summed E-state index contributed by atoms with van der Waals surface area (Å²) in [6.45, 7) is 0. The molecule has 0 aliphatic rings. The van der Waals surface area contributed by atoms with Crippen LogP contribution in [0.4, 0.5) is 5.69 Å². The van der Waals surface area contributed by atoms with Crippen molar-refractivity contribution < 1.29 is 9.59 Å². The third-order valence-electron chi connectivity index (χ3n) is 4.32. The smallest absolute Gasteiger partial charge is 0.256 e. The second-order valence-corrected chi connectivity index (χ2v) is 6.21. The monoisotopic (exact) mass is 368 g/mol. The summed E-state index contributed by atoms with van der Waals surface area (Å²) in [5, 5.41) is 3.57. The van der Waals surface area contributed by atoms with Gasteiger partial charge in [-0.2, -0.15) is 0 Å². The van der Waals surface area contributed by atoms with Gasteiger partial charge in [-0.05, 0) is 42.5 Å². The summed E-state index contributed by atoms with van der Waals surface area (Å²) in [4.78, 5) is 33.2. The van der Waals surface area contributed by atoms with Gasteiger partial charge in [-0.3, -0.25) is 14.6 Å². The highest BCUT2D eigenvalue weighted by atomic mass is 16.2. The van der Waals surface area contributed by atoms with Crippen LogP contribution in [0.5, 0.6) is 0 Å². The number of nitrogens with zero attached hydrogens (tertiary/aromatic N) is 2. The van der Waals surface area contributed by atoms with Gasteiger partial charge in [0.2, 0.25) is 5.91 Å². The van der Waals surface area contributed by atoms with Gasteiger partial charge in [0.15, 0.2) is 0 Å². The van der Waals surface area contributed by atoms with Crippen molar-refractivity contribution in [3.8, 4) is 11.3 Å². The van der Waals surface area contributed by atoms with Crippen LogP contribution in [0, 0.1) is 0 Å². The topological polar surface area (TPSA) is 98.0 Å². The Labute approximate surface area is 161 Å². The summed E-state index contributed by atoms with van der Waals surface area (Å²) in [5.74, 6) is -0.852. The third kappa shape index (κ3) is 3.43. The minimum atomic E-state index is -0.552. The first-order valence-electron chi connectivity index (χ1n) is 8.63. The molecule has 0 fully saturated rings. The van der Waals surface area contributed by atoms with Gasteiger partial charge in [-0.25, -0.2) is 4.98 Å². The van der Waals surface area contributed by atoms with Crippen molar-refractivity contribution in [3.63, 3.8) is 0 Å². The Balaban J connectivity index is 1.78. The number of nitrogens with two attached hydrogens (primary N) is 1. The molecule has 0 saturated carbocycles. The number of rotatable bonds is 4. The molecule has 0 bridgehead atoms. The number of carbonyl (C=O) groups excluding carboxylic acids is 2. The van der Waals surface area contributed by atoms with Crippen LogP contribution in [0.2, 0.25) is 0 Å². The van der Waals surface area contributed by atoms with E-state index in [1.807, 2.05) is 36.4 Å². The van der Waals surface area contributed by atoms with Gasteiger partial charge in [0.1, 0.15) is 0 Å². The zero-order valence-electron chi connectivity index (χ0n) is 14.8. The quantitative estimate of drug-likeness (QED) is 0.574. The molecule has 4 rings (SSSR count). The molecule has 0 radical (unpaired) electrons. The molecule has 2 aromatic heterocycles. The van der Waals surface area contributed by atoms with Gasteiger partial charge in [0.05, 0.1) is 16.8 Å². The number of amides is 2. The van der Waals surface area contributed by atoms with Gasteiger partial charge < -0.3 is 11.1 Å². The van der Waals surface area contributed by atoms with Crippen molar-refractivity contribution in [2.45, 2.75) is 0 Å². The van der Waals surface area contributed by atoms with E-state index in [1.54, 1.807) is 42.7 Å². The molecular weight excluding hydrogens is 352 g/mol. The molecule has 4 aromatic rings. The van der Waals surface area contributed by atoms with Crippen LogP contribution in [0.1, 0.15) is 20.7 Å². The van der Waals surface area contributed by atoms with Gasteiger partial charge in [0, 0.05) is 34.6 Å². The zero-order valence-corrected chi connectivity index (χ0v) is 14.8. The summed E-state index contributed by atoms with van der Waals surface area (Å²) < 4.78 is 0. The SMILES string of the molecule is NC(=O)c1cccc(NC(=O)c2cc(-c3cccnc3)nc3ccccc23)c1. The largest absolute Gasteiger partial charge is 0.366 e. The zero-order chi connectivity index (χ0) is 19.5. The van der Waals surface area contributed by atoms with E-state index < -0.39 is 5.91 Å². The molecule has 2 heterocycles. The predicted molar refractivity (Wildman–Crippen MR) is 108 cm³/mol. The molecule has 0 spiro atoms. The summed E-state index contributed by atoms with van der Waals surface area (Å²) in [6.07, 6.45) is 3.39. The van der Waals surface area contributed by atoms with Crippen LogP contribution in [-0.2, 0) is 0 Å². The summed E-state index contributed by atoms with van der Waals surface area (Å²) >= 11 is 0. The van der Waals surface area contributed by atoms with Gasteiger partial charge in [-0.1, -0.05) is 24.3 Å². The molecule has 136 valence electrons. The lowest BCUT2D eigenvalue weighted by molar-refractivity contribution is 0.0996. The summed E-state index contributed by atoms with van der Waals surface area (Å²) in [7, 11) is 0. The van der Waals surface area contributed by atoms with Crippen molar-refractivity contribution in [2.24, 2.45) is 5.73 Å². The number of aromatic nitrogens is 2. The molecule has 6 heteroatoms. The molecule has 2 aromatic carbocycles. The number of anilines is 1. The molecule has 0 saturated heterocycles. The Bertz CT molecular complexity index is 1190. The van der Waals surface area contributed by atoms with E-state index in [0.717, 1.165) is 10.9 Å². The highest BCUT2D eigenvalue weighted by Crippen LogP contribution is 2.25. The minimum absolute atomic E-state index is 0.301. The number of nitrogens with one attached hydrogen (secondary N) is 1. The Kier molecular flexibility index (Phi) is 4.51. The van der Waals surface area contributed by atoms with E-state index in [4.69, 9.17) is 5.73 Å². The maximum absolute atomic E-state index is 13.0. The second kappa shape index (κ2) is 7.28. The maximum atomic E-state index is 13.0. The van der Waals surface area contributed by atoms with Crippen LogP contribution in [-0.4, -0.2) is 21.8 Å². The first kappa shape index (κ1) is 17.4. The van der Waals surface area contributed by atoms with Crippen molar-refractivity contribution >= 4 is 28.4 Å². The minimum Gasteiger partial charge on any atom is -0.366 e. The number of para-hydroxylation sites is 1. The Morgan fingerprint density at radius 2 is 1.79 bits per heavy atom. The molecule has 6 nitrogen and oxygen atoms in total. The van der Waals surface area contributed by atoms with Crippen molar-refractivity contribution in [1.82, 2.24) is 9.97 Å². The van der Waals surface area contributed by atoms with Crippen LogP contribution in [0.15, 0.2) is 79.1 Å². The number of primary amides is 1. The maximum Gasteiger partial charge on any atom is 0.256 e. The molecule has 2 amide bonds. The Morgan fingerprint density at radius 1 is 0.929 bits per heavy atom. The van der Waals surface area contributed by atoms with Crippen LogP contribution >= 0.6 is 0 Å². The summed E-state index contributed by atoms with van der Waals surface area (Å²) in [5.41, 5.74) is 8.80. The van der Waals surface area contributed by atoms with Crippen LogP contribution in [0.3, 0.4) is 0 Å². The first-order valence-corrected chi connectivity index (χ1v) is 8.63. The number of carbonyl (C=O) groups is 2. The van der Waals surface area contributed by atoms with Gasteiger partial charge >= 0.3 is 0 Å². The molecular formula is C22H16N4O2. The molecule has 0 aliphatic carbocycles. The first-order chi connectivity index (χ1) is 13.6. The number of pyridine rings is 2. The number of benzene rings is 2. The molecule has 3 N–H and O–H groups in total. The number of hydrogen-bond acceptors (Lipinski definition) is 4. The fourth-order valence-corrected chi connectivity index (χ4v) is 2.97. The van der Waals surface area contributed by atoms with E-state index in [0.29, 0.717) is 28.0 Å². The average molecular weight is 368 g/mol. The number of fused-ring (bicyclic) bond motifs is 1. The van der Waals surface area contributed by atoms with Gasteiger partial charge in [0.25, 0.3) is 5.91 Å². The third-order valence-corrected chi connectivity index (χ3v) is 4.32. The number of hydrogen-bond donors (Lipinski definition) is 2. The Morgan fingerprint density at radius 3 is 2.57 bits per heavy atom. The lowest BCUT2D eigenvalue weighted by Crippen LogP contribution is -2.15. The standard InChI is InChI=1S/C22H16N4O2/c23-21(27)14-5-3-7-16(11-14)25-22(28)18-12-20(15-6-4-10-24-13-15)26-19-9-2-1-8-17(18)19/h1-13H,(H2,23,27)(H,25,28). The van der Waals surface area contributed by atoms with Crippen LogP contribution < -0.4 is 11.1 Å². The average Bonchev–Trinajstić information content (AvgIpc) is 2.73. The van der Waals surface area contributed by atoms with Gasteiger partial charge in [-0.15, -0.1) is 0 Å². The highest BCUT2D eigenvalue weighted by molar-refractivity contribution is 6.13. The highest BCUT2D eigenvalue weighted by Gasteiger charge is 2.15. The lowest BCUT2D eigenvalue weighted by Gasteiger charge is -2.11. The van der Waals surface area contributed by atoms with E-state index in [9.17, 15) is 9.59 Å². The predicted octanol–water partition coefficient (Wildman–Crippen LogP) is 3.65. The Hall–Kier alpha value is -4.06. The summed E-state index contributed by atoms with van der Waals surface area (Å²) in [6, 6.07) is 19.4. The van der Waals surface area contributed by atoms with Crippen LogP contribution in [0.25, 0.3) is 22.2 Å². The molecule has 0 atom stereocenters. The lowest BCUT2D eigenvalue weighted by atomic mass is 10.0. The molecule has 28 heavy (non-hydrogen) atoms. The van der Waals surface area contributed by atoms with E-state index in [-0.39, 0.29) is 5.91 Å². The van der Waals surface area contributed by atoms with Crippen molar-refractivity contribution in [2.75, 3.05) is 5.32 Å². The van der Waals surface area contributed by atoms with E-state index in [1.165, 1.54) is 0 Å². The fourth-order valence-electron chi connectivity index (χ4n) is 2.97. The van der Waals surface area contributed by atoms with Crippen molar-refractivity contribution in [1.29, 1.82) is 0 Å². The normalized spacial score (nSPS) is 10.6. The molecule has 0 unspecified atom stereocenters. The van der Waals surface area contributed by atoms with E-state index >= 15 is 0 Å². The van der Waals surface area contributed by atoms with Crippen molar-refractivity contribution in [3.05, 3.63) is 90.3 Å².